The lowest BCUT2D eigenvalue weighted by atomic mass is 10.3. The molecule has 0 N–H and O–H groups in total. The van der Waals surface area contributed by atoms with Crippen LogP contribution in [0, 0.1) is 6.92 Å². The Morgan fingerprint density at radius 3 is 2.84 bits per heavy atom. The van der Waals surface area contributed by atoms with Gasteiger partial charge in [0.05, 0.1) is 22.5 Å². The third-order valence-electron chi connectivity index (χ3n) is 2.85. The average Bonchev–Trinajstić information content (AvgIpc) is 2.94. The Labute approximate surface area is 115 Å². The highest BCUT2D eigenvalue weighted by Crippen LogP contribution is 2.22. The highest BCUT2D eigenvalue weighted by Gasteiger charge is 2.09. The molecule has 0 radical (unpaired) electrons. The summed E-state index contributed by atoms with van der Waals surface area (Å²) in [4.78, 5) is 6.82. The fourth-order valence-corrected chi connectivity index (χ4v) is 3.09. The van der Waals surface area contributed by atoms with Crippen LogP contribution in [0.2, 0.25) is 0 Å². The van der Waals surface area contributed by atoms with Gasteiger partial charge in [-0.1, -0.05) is 17.3 Å². The Hall–Kier alpha value is -1.72. The molecule has 4 nitrogen and oxygen atoms in total. The maximum atomic E-state index is 5.07. The monoisotopic (exact) mass is 273 g/mol. The van der Waals surface area contributed by atoms with Crippen molar-refractivity contribution in [3.63, 3.8) is 0 Å². The van der Waals surface area contributed by atoms with Gasteiger partial charge < -0.3 is 4.52 Å². The van der Waals surface area contributed by atoms with E-state index in [-0.39, 0.29) is 0 Å². The molecular formula is C14H15N3OS. The number of nitrogens with zero attached hydrogens (tertiary/aromatic N) is 3. The summed E-state index contributed by atoms with van der Waals surface area (Å²) in [6.45, 7) is 3.50. The molecule has 0 saturated heterocycles. The molecule has 2 aromatic heterocycles. The smallest absolute Gasteiger partial charge is 0.133 e. The van der Waals surface area contributed by atoms with Gasteiger partial charge in [-0.25, -0.2) is 4.98 Å². The van der Waals surface area contributed by atoms with Gasteiger partial charge in [-0.15, -0.1) is 11.3 Å². The van der Waals surface area contributed by atoms with Crippen LogP contribution in [0.5, 0.6) is 0 Å². The van der Waals surface area contributed by atoms with Gasteiger partial charge in [0.25, 0.3) is 0 Å². The van der Waals surface area contributed by atoms with Crippen molar-refractivity contribution in [3.05, 3.63) is 46.8 Å². The number of para-hydroxylation sites is 1. The second-order valence-corrected chi connectivity index (χ2v) is 5.79. The van der Waals surface area contributed by atoms with E-state index < -0.39 is 0 Å². The Morgan fingerprint density at radius 2 is 2.11 bits per heavy atom. The molecule has 1 aromatic carbocycles. The van der Waals surface area contributed by atoms with Gasteiger partial charge in [0.15, 0.2) is 0 Å². The minimum Gasteiger partial charge on any atom is -0.361 e. The maximum absolute atomic E-state index is 5.07. The first kappa shape index (κ1) is 12.3. The molecule has 2 heterocycles. The molecule has 0 aliphatic heterocycles. The summed E-state index contributed by atoms with van der Waals surface area (Å²) in [6, 6.07) is 10.2. The van der Waals surface area contributed by atoms with Crippen LogP contribution in [0.3, 0.4) is 0 Å². The van der Waals surface area contributed by atoms with E-state index in [0.29, 0.717) is 0 Å². The second-order valence-electron chi connectivity index (χ2n) is 4.68. The fourth-order valence-electron chi connectivity index (χ4n) is 2.04. The predicted octanol–water partition coefficient (Wildman–Crippen LogP) is 3.22. The van der Waals surface area contributed by atoms with Crippen LogP contribution in [-0.4, -0.2) is 22.1 Å². The summed E-state index contributed by atoms with van der Waals surface area (Å²) < 4.78 is 6.31. The largest absolute Gasteiger partial charge is 0.361 e. The van der Waals surface area contributed by atoms with Crippen molar-refractivity contribution in [2.45, 2.75) is 20.0 Å². The highest BCUT2D eigenvalue weighted by atomic mass is 32.1. The Bertz CT molecular complexity index is 656. The van der Waals surface area contributed by atoms with E-state index >= 15 is 0 Å². The van der Waals surface area contributed by atoms with Crippen molar-refractivity contribution < 1.29 is 4.52 Å². The number of aromatic nitrogens is 2. The van der Waals surface area contributed by atoms with Crippen molar-refractivity contribution >= 4 is 21.6 Å². The third kappa shape index (κ3) is 2.83. The lowest BCUT2D eigenvalue weighted by molar-refractivity contribution is 0.302. The summed E-state index contributed by atoms with van der Waals surface area (Å²) >= 11 is 1.74. The predicted molar refractivity (Wildman–Crippen MR) is 76.0 cm³/mol. The fraction of sp³-hybridized carbons (Fsp3) is 0.286. The minimum absolute atomic E-state index is 0.771. The second kappa shape index (κ2) is 5.11. The molecule has 19 heavy (non-hydrogen) atoms. The van der Waals surface area contributed by atoms with Gasteiger partial charge in [0.2, 0.25) is 0 Å². The quantitative estimate of drug-likeness (QED) is 0.732. The van der Waals surface area contributed by atoms with E-state index in [2.05, 4.69) is 34.2 Å². The third-order valence-corrected chi connectivity index (χ3v) is 3.87. The first-order valence-electron chi connectivity index (χ1n) is 6.16. The van der Waals surface area contributed by atoms with Crippen LogP contribution in [0.4, 0.5) is 0 Å². The molecule has 0 aliphatic rings. The van der Waals surface area contributed by atoms with Gasteiger partial charge >= 0.3 is 0 Å². The molecule has 3 rings (SSSR count). The molecule has 98 valence electrons. The van der Waals surface area contributed by atoms with Crippen molar-refractivity contribution in [1.29, 1.82) is 0 Å². The molecule has 0 amide bonds. The number of aryl methyl sites for hydroxylation is 1. The van der Waals surface area contributed by atoms with Crippen molar-refractivity contribution in [2.24, 2.45) is 0 Å². The normalized spacial score (nSPS) is 11.5. The first-order valence-corrected chi connectivity index (χ1v) is 6.97. The SMILES string of the molecule is Cc1cc(CN(C)Cc2nc3ccccc3s2)no1. The number of rotatable bonds is 4. The number of fused-ring (bicyclic) bond motifs is 1. The standard InChI is InChI=1S/C14H15N3OS/c1-10-7-11(16-18-10)8-17(2)9-14-15-12-5-3-4-6-13(12)19-14/h3-7H,8-9H2,1-2H3. The van der Waals surface area contributed by atoms with E-state index in [9.17, 15) is 0 Å². The van der Waals surface area contributed by atoms with Crippen molar-refractivity contribution in [3.8, 4) is 0 Å². The van der Waals surface area contributed by atoms with E-state index in [1.807, 2.05) is 25.1 Å². The summed E-state index contributed by atoms with van der Waals surface area (Å²) in [7, 11) is 2.07. The molecule has 0 saturated carbocycles. The molecule has 0 bridgehead atoms. The molecule has 0 spiro atoms. The van der Waals surface area contributed by atoms with E-state index in [0.717, 1.165) is 35.1 Å². The molecular weight excluding hydrogens is 258 g/mol. The molecule has 0 atom stereocenters. The Kier molecular flexibility index (Phi) is 3.31. The highest BCUT2D eigenvalue weighted by molar-refractivity contribution is 7.18. The molecule has 5 heteroatoms. The molecule has 0 fully saturated rings. The summed E-state index contributed by atoms with van der Waals surface area (Å²) in [5, 5.41) is 5.14. The minimum atomic E-state index is 0.771. The average molecular weight is 273 g/mol. The van der Waals surface area contributed by atoms with Crippen LogP contribution >= 0.6 is 11.3 Å². The number of hydrogen-bond acceptors (Lipinski definition) is 5. The molecule has 0 unspecified atom stereocenters. The number of benzene rings is 1. The lowest BCUT2D eigenvalue weighted by Gasteiger charge is -2.12. The Balaban J connectivity index is 1.70. The molecule has 3 aromatic rings. The van der Waals surface area contributed by atoms with E-state index in [1.54, 1.807) is 11.3 Å². The van der Waals surface area contributed by atoms with Crippen LogP contribution < -0.4 is 0 Å². The van der Waals surface area contributed by atoms with E-state index in [4.69, 9.17) is 4.52 Å². The lowest BCUT2D eigenvalue weighted by Crippen LogP contribution is -2.17. The van der Waals surface area contributed by atoms with Crippen LogP contribution in [-0.2, 0) is 13.1 Å². The van der Waals surface area contributed by atoms with Crippen molar-refractivity contribution in [1.82, 2.24) is 15.0 Å². The van der Waals surface area contributed by atoms with Gasteiger partial charge in [-0.3, -0.25) is 4.90 Å². The Morgan fingerprint density at radius 1 is 1.26 bits per heavy atom. The van der Waals surface area contributed by atoms with E-state index in [1.165, 1.54) is 4.70 Å². The molecule has 0 aliphatic carbocycles. The summed E-state index contributed by atoms with van der Waals surface area (Å²) in [5.41, 5.74) is 2.04. The summed E-state index contributed by atoms with van der Waals surface area (Å²) in [6.07, 6.45) is 0. The van der Waals surface area contributed by atoms with Crippen LogP contribution in [0.15, 0.2) is 34.9 Å². The van der Waals surface area contributed by atoms with Gasteiger partial charge in [-0.2, -0.15) is 0 Å². The summed E-state index contributed by atoms with van der Waals surface area (Å²) in [5.74, 6) is 0.850. The maximum Gasteiger partial charge on any atom is 0.133 e. The number of thiazole rings is 1. The first-order chi connectivity index (χ1) is 9.20. The zero-order valence-corrected chi connectivity index (χ0v) is 11.8. The van der Waals surface area contributed by atoms with Gasteiger partial charge in [-0.05, 0) is 26.1 Å². The van der Waals surface area contributed by atoms with Gasteiger partial charge in [0, 0.05) is 12.6 Å². The van der Waals surface area contributed by atoms with Crippen LogP contribution in [0.1, 0.15) is 16.5 Å². The van der Waals surface area contributed by atoms with Crippen molar-refractivity contribution in [2.75, 3.05) is 7.05 Å². The topological polar surface area (TPSA) is 42.2 Å². The van der Waals surface area contributed by atoms with Crippen LogP contribution in [0.25, 0.3) is 10.2 Å². The zero-order chi connectivity index (χ0) is 13.2. The van der Waals surface area contributed by atoms with Gasteiger partial charge in [0.1, 0.15) is 10.8 Å². The number of hydrogen-bond donors (Lipinski definition) is 0. The zero-order valence-electron chi connectivity index (χ0n) is 11.0.